The molecular weight excluding hydrogens is 384 g/mol. The van der Waals surface area contributed by atoms with Crippen LogP contribution in [0.4, 0.5) is 5.69 Å². The third-order valence-electron chi connectivity index (χ3n) is 3.44. The summed E-state index contributed by atoms with van der Waals surface area (Å²) in [6, 6.07) is 7.96. The molecule has 0 unspecified atom stereocenters. The van der Waals surface area contributed by atoms with Crippen molar-refractivity contribution in [1.29, 1.82) is 0 Å². The number of fused-ring (bicyclic) bond motifs is 1. The van der Waals surface area contributed by atoms with Gasteiger partial charge in [-0.1, -0.05) is 12.1 Å². The van der Waals surface area contributed by atoms with Crippen LogP contribution in [0.15, 0.2) is 37.6 Å². The van der Waals surface area contributed by atoms with Crippen molar-refractivity contribution < 1.29 is 4.42 Å². The largest absolute Gasteiger partial charge is 0.435 e. The highest BCUT2D eigenvalue weighted by Crippen LogP contribution is 2.38. The summed E-state index contributed by atoms with van der Waals surface area (Å²) in [5, 5.41) is 0. The summed E-state index contributed by atoms with van der Waals surface area (Å²) in [4.78, 5) is 4.57. The van der Waals surface area contributed by atoms with Gasteiger partial charge >= 0.3 is 0 Å². The van der Waals surface area contributed by atoms with Crippen molar-refractivity contribution in [3.8, 4) is 11.5 Å². The number of halogens is 2. The van der Waals surface area contributed by atoms with Gasteiger partial charge in [-0.05, 0) is 69.0 Å². The minimum atomic E-state index is 0.611. The van der Waals surface area contributed by atoms with E-state index in [9.17, 15) is 0 Å². The zero-order valence-corrected chi connectivity index (χ0v) is 14.2. The Hall–Kier alpha value is -1.33. The van der Waals surface area contributed by atoms with E-state index in [1.807, 2.05) is 18.2 Å². The van der Waals surface area contributed by atoms with E-state index in [0.717, 1.165) is 20.0 Å². The molecule has 0 aliphatic rings. The van der Waals surface area contributed by atoms with Crippen LogP contribution in [-0.2, 0) is 0 Å². The lowest BCUT2D eigenvalue weighted by Crippen LogP contribution is -1.88. The van der Waals surface area contributed by atoms with Crippen LogP contribution in [0.5, 0.6) is 0 Å². The maximum atomic E-state index is 5.97. The van der Waals surface area contributed by atoms with E-state index in [-0.39, 0.29) is 0 Å². The molecular formula is C15H12Br2N2O. The molecule has 5 heteroatoms. The normalized spacial score (nSPS) is 11.2. The van der Waals surface area contributed by atoms with Gasteiger partial charge in [-0.3, -0.25) is 0 Å². The minimum absolute atomic E-state index is 0.611. The Kier molecular flexibility index (Phi) is 3.34. The maximum Gasteiger partial charge on any atom is 0.227 e. The molecule has 20 heavy (non-hydrogen) atoms. The number of hydrogen-bond acceptors (Lipinski definition) is 3. The van der Waals surface area contributed by atoms with Gasteiger partial charge in [0.1, 0.15) is 5.52 Å². The summed E-state index contributed by atoms with van der Waals surface area (Å²) in [6.45, 7) is 4.14. The van der Waals surface area contributed by atoms with Crippen LogP contribution in [0.3, 0.4) is 0 Å². The fourth-order valence-corrected chi connectivity index (χ4v) is 3.29. The Morgan fingerprint density at radius 3 is 2.70 bits per heavy atom. The number of aromatic nitrogens is 1. The molecule has 3 aromatic rings. The molecule has 0 spiro atoms. The first kappa shape index (κ1) is 13.6. The van der Waals surface area contributed by atoms with Crippen molar-refractivity contribution in [2.75, 3.05) is 5.73 Å². The molecule has 0 saturated heterocycles. The predicted octanol–water partition coefficient (Wildman–Crippen LogP) is 5.22. The van der Waals surface area contributed by atoms with Crippen molar-refractivity contribution in [2.24, 2.45) is 0 Å². The minimum Gasteiger partial charge on any atom is -0.435 e. The molecule has 102 valence electrons. The number of anilines is 1. The van der Waals surface area contributed by atoms with Crippen molar-refractivity contribution in [1.82, 2.24) is 4.98 Å². The standard InChI is InChI=1S/C15H12Br2N2O/c1-7-4-3-5-9(8(7)2)15-19-11-6-10(16)13(18)12(17)14(11)20-15/h3-6H,18H2,1-2H3. The number of rotatable bonds is 1. The molecule has 0 aliphatic heterocycles. The van der Waals surface area contributed by atoms with E-state index in [0.29, 0.717) is 17.2 Å². The van der Waals surface area contributed by atoms with Gasteiger partial charge in [0.05, 0.1) is 10.2 Å². The molecule has 0 bridgehead atoms. The van der Waals surface area contributed by atoms with Gasteiger partial charge in [-0.25, -0.2) is 4.98 Å². The molecule has 0 radical (unpaired) electrons. The highest BCUT2D eigenvalue weighted by Gasteiger charge is 2.16. The Bertz CT molecular complexity index is 824. The number of oxazole rings is 1. The SMILES string of the molecule is Cc1cccc(-c2nc3cc(Br)c(N)c(Br)c3o2)c1C. The maximum absolute atomic E-state index is 5.97. The quantitative estimate of drug-likeness (QED) is 0.574. The summed E-state index contributed by atoms with van der Waals surface area (Å²) in [5.41, 5.74) is 11.4. The van der Waals surface area contributed by atoms with Crippen LogP contribution in [0, 0.1) is 13.8 Å². The average molecular weight is 396 g/mol. The first-order valence-electron chi connectivity index (χ1n) is 6.09. The molecule has 0 amide bonds. The van der Waals surface area contributed by atoms with Gasteiger partial charge in [0.2, 0.25) is 5.89 Å². The van der Waals surface area contributed by atoms with Gasteiger partial charge in [-0.2, -0.15) is 0 Å². The van der Waals surface area contributed by atoms with E-state index in [1.54, 1.807) is 0 Å². The van der Waals surface area contributed by atoms with Crippen LogP contribution in [0.1, 0.15) is 11.1 Å². The van der Waals surface area contributed by atoms with Gasteiger partial charge in [-0.15, -0.1) is 0 Å². The second kappa shape index (κ2) is 4.90. The van der Waals surface area contributed by atoms with E-state index < -0.39 is 0 Å². The van der Waals surface area contributed by atoms with Crippen molar-refractivity contribution in [2.45, 2.75) is 13.8 Å². The van der Waals surface area contributed by atoms with Crippen molar-refractivity contribution >= 4 is 48.6 Å². The topological polar surface area (TPSA) is 52.0 Å². The molecule has 3 rings (SSSR count). The number of nitrogens with zero attached hydrogens (tertiary/aromatic N) is 1. The Morgan fingerprint density at radius 1 is 1.20 bits per heavy atom. The number of nitrogens with two attached hydrogens (primary N) is 1. The van der Waals surface area contributed by atoms with Gasteiger partial charge in [0.15, 0.2) is 5.58 Å². The van der Waals surface area contributed by atoms with E-state index in [2.05, 4.69) is 56.8 Å². The predicted molar refractivity (Wildman–Crippen MR) is 88.7 cm³/mol. The number of benzene rings is 2. The number of aryl methyl sites for hydroxylation is 1. The highest BCUT2D eigenvalue weighted by molar-refractivity contribution is 9.11. The molecule has 0 atom stereocenters. The van der Waals surface area contributed by atoms with Crippen LogP contribution >= 0.6 is 31.9 Å². The third-order valence-corrected chi connectivity index (χ3v) is 4.89. The molecule has 1 aromatic heterocycles. The Balaban J connectivity index is 2.29. The molecule has 1 heterocycles. The zero-order valence-electron chi connectivity index (χ0n) is 11.0. The van der Waals surface area contributed by atoms with E-state index in [4.69, 9.17) is 10.2 Å². The molecule has 0 aliphatic carbocycles. The average Bonchev–Trinajstić information content (AvgIpc) is 2.83. The summed E-state index contributed by atoms with van der Waals surface area (Å²) in [6.07, 6.45) is 0. The van der Waals surface area contributed by atoms with E-state index >= 15 is 0 Å². The first-order valence-corrected chi connectivity index (χ1v) is 7.68. The van der Waals surface area contributed by atoms with Gasteiger partial charge in [0.25, 0.3) is 0 Å². The van der Waals surface area contributed by atoms with Crippen LogP contribution in [0.25, 0.3) is 22.6 Å². The highest BCUT2D eigenvalue weighted by atomic mass is 79.9. The lowest BCUT2D eigenvalue weighted by molar-refractivity contribution is 0.617. The molecule has 0 saturated carbocycles. The Morgan fingerprint density at radius 2 is 1.95 bits per heavy atom. The molecule has 0 fully saturated rings. The third kappa shape index (κ3) is 2.05. The summed E-state index contributed by atoms with van der Waals surface area (Å²) in [5.74, 6) is 0.611. The molecule has 2 N–H and O–H groups in total. The van der Waals surface area contributed by atoms with Crippen LogP contribution in [0.2, 0.25) is 0 Å². The fraction of sp³-hybridized carbons (Fsp3) is 0.133. The zero-order chi connectivity index (χ0) is 14.4. The van der Waals surface area contributed by atoms with Gasteiger partial charge in [0, 0.05) is 10.0 Å². The fourth-order valence-electron chi connectivity index (χ4n) is 2.11. The monoisotopic (exact) mass is 394 g/mol. The summed E-state index contributed by atoms with van der Waals surface area (Å²) < 4.78 is 7.43. The van der Waals surface area contributed by atoms with Crippen molar-refractivity contribution in [3.05, 3.63) is 44.3 Å². The first-order chi connectivity index (χ1) is 9.49. The lowest BCUT2D eigenvalue weighted by atomic mass is 10.0. The van der Waals surface area contributed by atoms with Crippen LogP contribution in [-0.4, -0.2) is 4.98 Å². The van der Waals surface area contributed by atoms with Crippen molar-refractivity contribution in [3.63, 3.8) is 0 Å². The second-order valence-corrected chi connectivity index (χ2v) is 6.35. The number of nitrogen functional groups attached to an aromatic ring is 1. The molecule has 3 nitrogen and oxygen atoms in total. The second-order valence-electron chi connectivity index (χ2n) is 4.70. The molecule has 2 aromatic carbocycles. The summed E-state index contributed by atoms with van der Waals surface area (Å²) >= 11 is 6.88. The number of hydrogen-bond donors (Lipinski definition) is 1. The Labute approximate surface area is 133 Å². The smallest absolute Gasteiger partial charge is 0.227 e. The van der Waals surface area contributed by atoms with E-state index in [1.165, 1.54) is 11.1 Å². The lowest BCUT2D eigenvalue weighted by Gasteiger charge is -2.04. The van der Waals surface area contributed by atoms with Crippen LogP contribution < -0.4 is 5.73 Å². The van der Waals surface area contributed by atoms with Gasteiger partial charge < -0.3 is 10.2 Å². The summed E-state index contributed by atoms with van der Waals surface area (Å²) in [7, 11) is 0.